The highest BCUT2D eigenvalue weighted by Crippen LogP contribution is 2.22. The second-order valence-electron chi connectivity index (χ2n) is 4.49. The van der Waals surface area contributed by atoms with Crippen molar-refractivity contribution < 1.29 is 4.39 Å². The van der Waals surface area contributed by atoms with E-state index < -0.39 is 6.17 Å². The minimum atomic E-state index is -0.900. The number of halogens is 2. The molecule has 90 valence electrons. The molecule has 0 heterocycles. The first-order valence-corrected chi connectivity index (χ1v) is 6.01. The van der Waals surface area contributed by atoms with E-state index in [1.165, 1.54) is 0 Å². The molecule has 2 N–H and O–H groups in total. The molecule has 1 aromatic carbocycles. The van der Waals surface area contributed by atoms with E-state index in [4.69, 9.17) is 17.3 Å². The molecular formula is C13H19ClFN. The molecular weight excluding hydrogens is 225 g/mol. The summed E-state index contributed by atoms with van der Waals surface area (Å²) in [5.74, 6) is 0.179. The minimum Gasteiger partial charge on any atom is -0.330 e. The van der Waals surface area contributed by atoms with Gasteiger partial charge < -0.3 is 5.73 Å². The molecule has 0 saturated heterocycles. The normalized spacial score (nSPS) is 15.1. The zero-order chi connectivity index (χ0) is 12.1. The SMILES string of the molecule is CC(C)C(CN)C(F)Cc1cccc(Cl)c1. The lowest BCUT2D eigenvalue weighted by molar-refractivity contribution is 0.185. The van der Waals surface area contributed by atoms with Gasteiger partial charge in [0.1, 0.15) is 6.17 Å². The van der Waals surface area contributed by atoms with E-state index in [1.54, 1.807) is 6.07 Å². The second kappa shape index (κ2) is 6.21. The predicted molar refractivity (Wildman–Crippen MR) is 67.4 cm³/mol. The van der Waals surface area contributed by atoms with Crippen molar-refractivity contribution in [1.29, 1.82) is 0 Å². The molecule has 16 heavy (non-hydrogen) atoms. The Kier molecular flexibility index (Phi) is 5.23. The summed E-state index contributed by atoms with van der Waals surface area (Å²) in [5, 5.41) is 0.651. The maximum Gasteiger partial charge on any atom is 0.108 e. The summed E-state index contributed by atoms with van der Waals surface area (Å²) in [4.78, 5) is 0. The van der Waals surface area contributed by atoms with Crippen molar-refractivity contribution in [3.8, 4) is 0 Å². The molecule has 0 fully saturated rings. The highest BCUT2D eigenvalue weighted by Gasteiger charge is 2.23. The summed E-state index contributed by atoms with van der Waals surface area (Å²) >= 11 is 5.86. The third-order valence-corrected chi connectivity index (χ3v) is 3.15. The van der Waals surface area contributed by atoms with E-state index in [-0.39, 0.29) is 11.8 Å². The van der Waals surface area contributed by atoms with E-state index in [1.807, 2.05) is 32.0 Å². The summed E-state index contributed by atoms with van der Waals surface area (Å²) in [6.07, 6.45) is -0.510. The Bertz CT molecular complexity index is 327. The molecule has 0 amide bonds. The second-order valence-corrected chi connectivity index (χ2v) is 4.93. The number of alkyl halides is 1. The first-order chi connectivity index (χ1) is 7.54. The lowest BCUT2D eigenvalue weighted by atomic mass is 9.88. The molecule has 0 spiro atoms. The fourth-order valence-corrected chi connectivity index (χ4v) is 2.09. The average Bonchev–Trinajstić information content (AvgIpc) is 2.17. The van der Waals surface area contributed by atoms with Crippen LogP contribution in [0.3, 0.4) is 0 Å². The van der Waals surface area contributed by atoms with Crippen LogP contribution in [0.15, 0.2) is 24.3 Å². The van der Waals surface area contributed by atoms with Gasteiger partial charge in [0.2, 0.25) is 0 Å². The van der Waals surface area contributed by atoms with Gasteiger partial charge in [-0.25, -0.2) is 4.39 Å². The van der Waals surface area contributed by atoms with E-state index in [2.05, 4.69) is 0 Å². The monoisotopic (exact) mass is 243 g/mol. The zero-order valence-electron chi connectivity index (χ0n) is 9.79. The van der Waals surface area contributed by atoms with Crippen LogP contribution >= 0.6 is 11.6 Å². The van der Waals surface area contributed by atoms with Crippen molar-refractivity contribution in [2.24, 2.45) is 17.6 Å². The van der Waals surface area contributed by atoms with Gasteiger partial charge in [0.05, 0.1) is 0 Å². The van der Waals surface area contributed by atoms with Crippen molar-refractivity contribution >= 4 is 11.6 Å². The van der Waals surface area contributed by atoms with E-state index in [9.17, 15) is 4.39 Å². The van der Waals surface area contributed by atoms with Crippen molar-refractivity contribution in [2.45, 2.75) is 26.4 Å². The van der Waals surface area contributed by atoms with Crippen LogP contribution in [0.5, 0.6) is 0 Å². The molecule has 0 aromatic heterocycles. The topological polar surface area (TPSA) is 26.0 Å². The Morgan fingerprint density at radius 3 is 2.56 bits per heavy atom. The van der Waals surface area contributed by atoms with Gasteiger partial charge in [0.15, 0.2) is 0 Å². The highest BCUT2D eigenvalue weighted by molar-refractivity contribution is 6.30. The average molecular weight is 244 g/mol. The van der Waals surface area contributed by atoms with Crippen LogP contribution in [0.4, 0.5) is 4.39 Å². The number of benzene rings is 1. The third kappa shape index (κ3) is 3.76. The Balaban J connectivity index is 2.66. The third-order valence-electron chi connectivity index (χ3n) is 2.91. The number of hydrogen-bond acceptors (Lipinski definition) is 1. The van der Waals surface area contributed by atoms with Crippen LogP contribution in [0, 0.1) is 11.8 Å². The molecule has 0 radical (unpaired) electrons. The van der Waals surface area contributed by atoms with Crippen molar-refractivity contribution in [3.63, 3.8) is 0 Å². The van der Waals surface area contributed by atoms with Gasteiger partial charge in [-0.05, 0) is 30.2 Å². The molecule has 2 unspecified atom stereocenters. The van der Waals surface area contributed by atoms with Crippen molar-refractivity contribution in [1.82, 2.24) is 0 Å². The van der Waals surface area contributed by atoms with Crippen LogP contribution in [-0.2, 0) is 6.42 Å². The minimum absolute atomic E-state index is 0.0843. The molecule has 1 rings (SSSR count). The molecule has 0 saturated carbocycles. The number of nitrogens with two attached hydrogens (primary N) is 1. The summed E-state index contributed by atoms with van der Waals surface area (Å²) in [6, 6.07) is 7.34. The fourth-order valence-electron chi connectivity index (χ4n) is 1.88. The summed E-state index contributed by atoms with van der Waals surface area (Å²) in [5.41, 5.74) is 6.52. The van der Waals surface area contributed by atoms with E-state index in [0.29, 0.717) is 18.0 Å². The smallest absolute Gasteiger partial charge is 0.108 e. The van der Waals surface area contributed by atoms with Gasteiger partial charge in [-0.15, -0.1) is 0 Å². The maximum absolute atomic E-state index is 14.0. The first-order valence-electron chi connectivity index (χ1n) is 5.63. The molecule has 1 nitrogen and oxygen atoms in total. The first kappa shape index (κ1) is 13.5. The largest absolute Gasteiger partial charge is 0.330 e. The molecule has 1 aromatic rings. The van der Waals surface area contributed by atoms with Crippen LogP contribution in [0.25, 0.3) is 0 Å². The molecule has 0 aliphatic rings. The van der Waals surface area contributed by atoms with Crippen LogP contribution in [-0.4, -0.2) is 12.7 Å². The molecule has 0 bridgehead atoms. The van der Waals surface area contributed by atoms with Gasteiger partial charge in [-0.3, -0.25) is 0 Å². The summed E-state index contributed by atoms with van der Waals surface area (Å²) in [6.45, 7) is 4.39. The molecule has 0 aliphatic heterocycles. The van der Waals surface area contributed by atoms with Gasteiger partial charge in [0, 0.05) is 17.4 Å². The van der Waals surface area contributed by atoms with Gasteiger partial charge >= 0.3 is 0 Å². The standard InChI is InChI=1S/C13H19ClFN/c1-9(2)12(8-16)13(15)7-10-4-3-5-11(14)6-10/h3-6,9,12-13H,7-8,16H2,1-2H3. The van der Waals surface area contributed by atoms with Gasteiger partial charge in [-0.2, -0.15) is 0 Å². The maximum atomic E-state index is 14.0. The Labute approximate surface area is 102 Å². The highest BCUT2D eigenvalue weighted by atomic mass is 35.5. The summed E-state index contributed by atoms with van der Waals surface area (Å²) < 4.78 is 14.0. The Morgan fingerprint density at radius 1 is 1.38 bits per heavy atom. The van der Waals surface area contributed by atoms with Crippen LogP contribution < -0.4 is 5.73 Å². The van der Waals surface area contributed by atoms with Gasteiger partial charge in [0.25, 0.3) is 0 Å². The zero-order valence-corrected chi connectivity index (χ0v) is 10.5. The molecule has 0 aliphatic carbocycles. The van der Waals surface area contributed by atoms with Crippen molar-refractivity contribution in [3.05, 3.63) is 34.9 Å². The fraction of sp³-hybridized carbons (Fsp3) is 0.538. The van der Waals surface area contributed by atoms with Gasteiger partial charge in [-0.1, -0.05) is 37.6 Å². The van der Waals surface area contributed by atoms with Crippen LogP contribution in [0.2, 0.25) is 5.02 Å². The predicted octanol–water partition coefficient (Wildman–Crippen LogP) is 3.45. The van der Waals surface area contributed by atoms with E-state index >= 15 is 0 Å². The van der Waals surface area contributed by atoms with Crippen LogP contribution in [0.1, 0.15) is 19.4 Å². The number of rotatable bonds is 5. The lowest BCUT2D eigenvalue weighted by Gasteiger charge is -2.23. The molecule has 2 atom stereocenters. The summed E-state index contributed by atoms with van der Waals surface area (Å²) in [7, 11) is 0. The molecule has 3 heteroatoms. The van der Waals surface area contributed by atoms with E-state index in [0.717, 1.165) is 5.56 Å². The Morgan fingerprint density at radius 2 is 2.06 bits per heavy atom. The Hall–Kier alpha value is -0.600. The number of hydrogen-bond donors (Lipinski definition) is 1. The quantitative estimate of drug-likeness (QED) is 0.842. The van der Waals surface area contributed by atoms with Crippen molar-refractivity contribution in [2.75, 3.05) is 6.54 Å². The lowest BCUT2D eigenvalue weighted by Crippen LogP contribution is -2.30.